The van der Waals surface area contributed by atoms with Gasteiger partial charge in [0.05, 0.1) is 12.2 Å². The molecule has 0 fully saturated rings. The van der Waals surface area contributed by atoms with Crippen molar-refractivity contribution in [2.75, 3.05) is 0 Å². The van der Waals surface area contributed by atoms with Crippen LogP contribution < -0.4 is 0 Å². The summed E-state index contributed by atoms with van der Waals surface area (Å²) >= 11 is 0. The zero-order valence-corrected chi connectivity index (χ0v) is 10.1. The van der Waals surface area contributed by atoms with Gasteiger partial charge in [0, 0.05) is 0 Å². The summed E-state index contributed by atoms with van der Waals surface area (Å²) in [4.78, 5) is 0. The summed E-state index contributed by atoms with van der Waals surface area (Å²) in [5.74, 6) is 0. The van der Waals surface area contributed by atoms with Crippen molar-refractivity contribution in [2.45, 2.75) is 52.7 Å². The lowest BCUT2D eigenvalue weighted by molar-refractivity contribution is 0.116. The second kappa shape index (κ2) is 4.50. The zero-order chi connectivity index (χ0) is 11.6. The third kappa shape index (κ3) is 3.18. The molecule has 86 valence electrons. The van der Waals surface area contributed by atoms with E-state index in [1.165, 1.54) is 11.1 Å². The summed E-state index contributed by atoms with van der Waals surface area (Å²) in [6, 6.07) is 0. The maximum Gasteiger partial charge on any atom is 0.0695 e. The van der Waals surface area contributed by atoms with Gasteiger partial charge in [-0.05, 0) is 37.7 Å². The van der Waals surface area contributed by atoms with Crippen molar-refractivity contribution in [3.63, 3.8) is 0 Å². The van der Waals surface area contributed by atoms with Crippen molar-refractivity contribution < 1.29 is 10.2 Å². The quantitative estimate of drug-likeness (QED) is 0.735. The molecular formula is C13H22O2. The van der Waals surface area contributed by atoms with Gasteiger partial charge < -0.3 is 10.2 Å². The molecule has 2 heteroatoms. The average Bonchev–Trinajstić information content (AvgIpc) is 1.98. The molecular weight excluding hydrogens is 188 g/mol. The van der Waals surface area contributed by atoms with Crippen LogP contribution in [-0.4, -0.2) is 22.4 Å². The van der Waals surface area contributed by atoms with Gasteiger partial charge in [0.2, 0.25) is 0 Å². The Kier molecular flexibility index (Phi) is 3.74. The minimum Gasteiger partial charge on any atom is -0.393 e. The van der Waals surface area contributed by atoms with E-state index in [1.807, 2.05) is 6.08 Å². The first-order valence-corrected chi connectivity index (χ1v) is 5.57. The summed E-state index contributed by atoms with van der Waals surface area (Å²) in [5, 5.41) is 18.9. The highest BCUT2D eigenvalue weighted by Crippen LogP contribution is 2.40. The maximum absolute atomic E-state index is 9.70. The molecule has 15 heavy (non-hydrogen) atoms. The van der Waals surface area contributed by atoms with E-state index in [2.05, 4.69) is 20.8 Å². The highest BCUT2D eigenvalue weighted by atomic mass is 16.3. The lowest BCUT2D eigenvalue weighted by atomic mass is 9.71. The van der Waals surface area contributed by atoms with E-state index < -0.39 is 6.10 Å². The Bertz CT molecular complexity index is 285. The monoisotopic (exact) mass is 210 g/mol. The van der Waals surface area contributed by atoms with Gasteiger partial charge in [-0.2, -0.15) is 0 Å². The molecule has 2 nitrogen and oxygen atoms in total. The summed E-state index contributed by atoms with van der Waals surface area (Å²) in [6.45, 7) is 8.09. The van der Waals surface area contributed by atoms with Crippen molar-refractivity contribution in [1.29, 1.82) is 0 Å². The Morgan fingerprint density at radius 2 is 2.07 bits per heavy atom. The molecule has 2 atom stereocenters. The summed E-state index contributed by atoms with van der Waals surface area (Å²) in [7, 11) is 0. The van der Waals surface area contributed by atoms with E-state index in [9.17, 15) is 10.2 Å². The molecule has 1 rings (SSSR count). The largest absolute Gasteiger partial charge is 0.393 e. The first-order valence-electron chi connectivity index (χ1n) is 5.57. The molecule has 1 aliphatic carbocycles. The van der Waals surface area contributed by atoms with Gasteiger partial charge in [0.25, 0.3) is 0 Å². The minimum absolute atomic E-state index is 0.00708. The molecule has 2 unspecified atom stereocenters. The molecule has 0 amide bonds. The van der Waals surface area contributed by atoms with Crippen molar-refractivity contribution in [1.82, 2.24) is 0 Å². The number of aliphatic hydroxyl groups excluding tert-OH is 2. The zero-order valence-electron chi connectivity index (χ0n) is 10.1. The van der Waals surface area contributed by atoms with Gasteiger partial charge in [-0.1, -0.05) is 31.6 Å². The number of aliphatic hydroxyl groups is 2. The van der Waals surface area contributed by atoms with E-state index >= 15 is 0 Å². The molecule has 1 aliphatic rings. The number of allylic oxidation sites excluding steroid dienone is 2. The van der Waals surface area contributed by atoms with Crippen LogP contribution in [0.5, 0.6) is 0 Å². The molecule has 2 N–H and O–H groups in total. The van der Waals surface area contributed by atoms with Crippen molar-refractivity contribution in [2.24, 2.45) is 5.41 Å². The van der Waals surface area contributed by atoms with Gasteiger partial charge in [-0.3, -0.25) is 0 Å². The van der Waals surface area contributed by atoms with E-state index in [0.29, 0.717) is 0 Å². The van der Waals surface area contributed by atoms with Crippen LogP contribution in [0.1, 0.15) is 40.5 Å². The molecule has 0 aromatic carbocycles. The number of rotatable bonds is 2. The van der Waals surface area contributed by atoms with Crippen molar-refractivity contribution in [3.05, 3.63) is 23.3 Å². The van der Waals surface area contributed by atoms with Crippen LogP contribution >= 0.6 is 0 Å². The molecule has 0 saturated heterocycles. The summed E-state index contributed by atoms with van der Waals surface area (Å²) in [5.41, 5.74) is 2.50. The predicted octanol–water partition coefficient (Wildman–Crippen LogP) is 2.42. The predicted molar refractivity (Wildman–Crippen MR) is 62.5 cm³/mol. The lowest BCUT2D eigenvalue weighted by Crippen LogP contribution is -2.28. The number of hydrogen-bond donors (Lipinski definition) is 2. The highest BCUT2D eigenvalue weighted by Gasteiger charge is 2.31. The van der Waals surface area contributed by atoms with Crippen LogP contribution in [0.4, 0.5) is 0 Å². The van der Waals surface area contributed by atoms with Crippen LogP contribution in [0.15, 0.2) is 23.3 Å². The van der Waals surface area contributed by atoms with Crippen LogP contribution in [0.2, 0.25) is 0 Å². The normalized spacial score (nSPS) is 28.5. The van der Waals surface area contributed by atoms with E-state index in [1.54, 1.807) is 13.0 Å². The molecule has 0 spiro atoms. The van der Waals surface area contributed by atoms with Crippen molar-refractivity contribution >= 4 is 0 Å². The SMILES string of the molecule is CC1=C(C=CC(C)O)C(C)(C)CC(O)C1. The van der Waals surface area contributed by atoms with Crippen molar-refractivity contribution in [3.8, 4) is 0 Å². The van der Waals surface area contributed by atoms with Gasteiger partial charge in [-0.25, -0.2) is 0 Å². The fourth-order valence-corrected chi connectivity index (χ4v) is 2.42. The van der Waals surface area contributed by atoms with Crippen LogP contribution in [0, 0.1) is 5.41 Å². The Hall–Kier alpha value is -0.600. The first kappa shape index (κ1) is 12.5. The van der Waals surface area contributed by atoms with Crippen LogP contribution in [0.25, 0.3) is 0 Å². The standard InChI is InChI=1S/C13H22O2/c1-9-7-11(15)8-13(3,4)12(9)6-5-10(2)14/h5-6,10-11,14-15H,7-8H2,1-4H3. The molecule has 0 saturated carbocycles. The fraction of sp³-hybridized carbons (Fsp3) is 0.692. The first-order chi connectivity index (χ1) is 6.83. The van der Waals surface area contributed by atoms with Gasteiger partial charge in [0.15, 0.2) is 0 Å². The molecule has 0 aliphatic heterocycles. The second-order valence-electron chi connectivity index (χ2n) is 5.24. The molecule has 0 aromatic rings. The molecule has 0 aromatic heterocycles. The fourth-order valence-electron chi connectivity index (χ4n) is 2.42. The van der Waals surface area contributed by atoms with E-state index in [-0.39, 0.29) is 11.5 Å². The Morgan fingerprint density at radius 1 is 1.47 bits per heavy atom. The maximum atomic E-state index is 9.70. The van der Waals surface area contributed by atoms with Gasteiger partial charge in [0.1, 0.15) is 0 Å². The molecule has 0 radical (unpaired) electrons. The Labute approximate surface area is 92.3 Å². The molecule has 0 bridgehead atoms. The molecule has 0 heterocycles. The van der Waals surface area contributed by atoms with Crippen LogP contribution in [-0.2, 0) is 0 Å². The van der Waals surface area contributed by atoms with Gasteiger partial charge >= 0.3 is 0 Å². The Balaban J connectivity index is 2.96. The topological polar surface area (TPSA) is 40.5 Å². The third-order valence-electron chi connectivity index (χ3n) is 3.02. The third-order valence-corrected chi connectivity index (χ3v) is 3.02. The summed E-state index contributed by atoms with van der Waals surface area (Å²) < 4.78 is 0. The number of hydrogen-bond acceptors (Lipinski definition) is 2. The van der Waals surface area contributed by atoms with E-state index in [4.69, 9.17) is 0 Å². The Morgan fingerprint density at radius 3 is 2.53 bits per heavy atom. The second-order valence-corrected chi connectivity index (χ2v) is 5.24. The van der Waals surface area contributed by atoms with E-state index in [0.717, 1.165) is 12.8 Å². The lowest BCUT2D eigenvalue weighted by Gasteiger charge is -2.35. The highest BCUT2D eigenvalue weighted by molar-refractivity contribution is 5.33. The summed E-state index contributed by atoms with van der Waals surface area (Å²) in [6.07, 6.45) is 4.73. The smallest absolute Gasteiger partial charge is 0.0695 e. The minimum atomic E-state index is -0.409. The van der Waals surface area contributed by atoms with Crippen LogP contribution in [0.3, 0.4) is 0 Å². The van der Waals surface area contributed by atoms with Gasteiger partial charge in [-0.15, -0.1) is 0 Å². The average molecular weight is 210 g/mol.